The van der Waals surface area contributed by atoms with Crippen LogP contribution in [0.5, 0.6) is 0 Å². The van der Waals surface area contributed by atoms with Crippen molar-refractivity contribution in [3.8, 4) is 0 Å². The second-order valence-corrected chi connectivity index (χ2v) is 9.10. The summed E-state index contributed by atoms with van der Waals surface area (Å²) >= 11 is 0. The van der Waals surface area contributed by atoms with Crippen LogP contribution in [0.2, 0.25) is 0 Å². The van der Waals surface area contributed by atoms with Crippen molar-refractivity contribution in [3.63, 3.8) is 0 Å². The molecule has 1 unspecified atom stereocenters. The van der Waals surface area contributed by atoms with Gasteiger partial charge in [-0.2, -0.15) is 4.98 Å². The Morgan fingerprint density at radius 2 is 2.10 bits per heavy atom. The molecule has 0 fully saturated rings. The van der Waals surface area contributed by atoms with Crippen molar-refractivity contribution in [2.75, 3.05) is 29.1 Å². The van der Waals surface area contributed by atoms with E-state index in [1.54, 1.807) is 6.20 Å². The molecule has 0 spiro atoms. The number of carboxylic acids is 1. The highest BCUT2D eigenvalue weighted by atomic mass is 32.2. The molecule has 0 saturated heterocycles. The van der Waals surface area contributed by atoms with Crippen molar-refractivity contribution >= 4 is 28.5 Å². The van der Waals surface area contributed by atoms with E-state index in [1.807, 2.05) is 23.3 Å². The summed E-state index contributed by atoms with van der Waals surface area (Å²) in [6.45, 7) is 5.52. The van der Waals surface area contributed by atoms with E-state index >= 15 is 0 Å². The minimum Gasteiger partial charge on any atom is -0.476 e. The number of aryl methyl sites for hydroxylation is 1. The zero-order chi connectivity index (χ0) is 20.7. The van der Waals surface area contributed by atoms with Gasteiger partial charge in [0, 0.05) is 31.5 Å². The second kappa shape index (κ2) is 7.71. The van der Waals surface area contributed by atoms with Gasteiger partial charge in [0.25, 0.3) is 0 Å². The number of anilines is 2. The fourth-order valence-electron chi connectivity index (χ4n) is 3.55. The van der Waals surface area contributed by atoms with Crippen LogP contribution in [-0.4, -0.2) is 64.9 Å². The molecule has 0 amide bonds. The average Bonchev–Trinajstić information content (AvgIpc) is 3.29. The summed E-state index contributed by atoms with van der Waals surface area (Å²) in [6, 6.07) is -0.210. The highest BCUT2D eigenvalue weighted by Crippen LogP contribution is 2.31. The molecule has 0 radical (unpaired) electrons. The Kier molecular flexibility index (Phi) is 5.26. The van der Waals surface area contributed by atoms with Crippen LogP contribution >= 0.6 is 0 Å². The lowest BCUT2D eigenvalue weighted by atomic mass is 10.1. The van der Waals surface area contributed by atoms with Gasteiger partial charge in [-0.05, 0) is 5.92 Å². The maximum Gasteiger partial charge on any atom is 0.356 e. The lowest BCUT2D eigenvalue weighted by Gasteiger charge is -2.29. The quantitative estimate of drug-likeness (QED) is 0.610. The third-order valence-electron chi connectivity index (χ3n) is 5.30. The van der Waals surface area contributed by atoms with Gasteiger partial charge < -0.3 is 25.0 Å². The van der Waals surface area contributed by atoms with Gasteiger partial charge in [-0.1, -0.05) is 13.8 Å². The van der Waals surface area contributed by atoms with E-state index in [9.17, 15) is 14.1 Å². The predicted octanol–water partition coefficient (Wildman–Crippen LogP) is 0.484. The molecular formula is C18H24N6O4S. The van der Waals surface area contributed by atoms with E-state index in [0.717, 1.165) is 5.69 Å². The lowest BCUT2D eigenvalue weighted by molar-refractivity contribution is 0.0691. The monoisotopic (exact) mass is 420 g/mol. The van der Waals surface area contributed by atoms with Crippen molar-refractivity contribution in [1.82, 2.24) is 19.5 Å². The second-order valence-electron chi connectivity index (χ2n) is 7.59. The summed E-state index contributed by atoms with van der Waals surface area (Å²) in [7, 11) is -1.16. The summed E-state index contributed by atoms with van der Waals surface area (Å²) in [5.74, 6) is 1.28. The molecule has 2 atom stereocenters. The van der Waals surface area contributed by atoms with Crippen LogP contribution in [0, 0.1) is 5.92 Å². The first-order chi connectivity index (χ1) is 13.9. The SMILES string of the molecule is CC(C)[C@H](CO)Nc1nc(N2CCn3cc(C(=O)O)nc3C2)nc2c1S(=O)CC2. The molecule has 2 aromatic heterocycles. The number of fused-ring (bicyclic) bond motifs is 2. The number of imidazole rings is 1. The van der Waals surface area contributed by atoms with Gasteiger partial charge in [0.1, 0.15) is 16.5 Å². The molecule has 11 heteroatoms. The van der Waals surface area contributed by atoms with Crippen molar-refractivity contribution in [1.29, 1.82) is 0 Å². The van der Waals surface area contributed by atoms with Crippen LogP contribution in [0.25, 0.3) is 0 Å². The first-order valence-corrected chi connectivity index (χ1v) is 10.9. The summed E-state index contributed by atoms with van der Waals surface area (Å²) in [5, 5.41) is 22.1. The van der Waals surface area contributed by atoms with E-state index < -0.39 is 16.8 Å². The van der Waals surface area contributed by atoms with Gasteiger partial charge in [0.2, 0.25) is 5.95 Å². The first-order valence-electron chi connectivity index (χ1n) is 9.58. The average molecular weight is 420 g/mol. The lowest BCUT2D eigenvalue weighted by Crippen LogP contribution is -2.35. The standard InChI is InChI=1S/C18H24N6O4S/c1-10(2)13(9-25)20-16-15-11(3-6-29(15)28)21-18(22-16)24-5-4-23-7-12(17(26)27)19-14(23)8-24/h7,10,13,25H,3-6,8-9H2,1-2H3,(H,26,27)(H,20,21,22)/t13-,29?/m0/s1. The molecule has 2 aliphatic heterocycles. The van der Waals surface area contributed by atoms with Crippen molar-refractivity contribution in [3.05, 3.63) is 23.4 Å². The molecule has 2 aromatic rings. The van der Waals surface area contributed by atoms with Crippen LogP contribution in [0.3, 0.4) is 0 Å². The summed E-state index contributed by atoms with van der Waals surface area (Å²) in [5.41, 5.74) is 0.786. The molecule has 3 N–H and O–H groups in total. The van der Waals surface area contributed by atoms with Gasteiger partial charge in [-0.15, -0.1) is 0 Å². The number of carbonyl (C=O) groups is 1. The number of carboxylic acid groups (broad SMARTS) is 1. The summed E-state index contributed by atoms with van der Waals surface area (Å²) in [4.78, 5) is 27.2. The number of aliphatic hydroxyl groups is 1. The molecule has 0 aliphatic carbocycles. The van der Waals surface area contributed by atoms with Crippen LogP contribution in [0.1, 0.15) is 35.9 Å². The molecule has 0 saturated carbocycles. The zero-order valence-electron chi connectivity index (χ0n) is 16.3. The molecule has 156 valence electrons. The molecule has 4 heterocycles. The van der Waals surface area contributed by atoms with Crippen LogP contribution < -0.4 is 10.2 Å². The maximum atomic E-state index is 12.5. The van der Waals surface area contributed by atoms with Gasteiger partial charge in [0.05, 0.1) is 35.7 Å². The predicted molar refractivity (Wildman–Crippen MR) is 107 cm³/mol. The number of nitrogens with zero attached hydrogens (tertiary/aromatic N) is 5. The van der Waals surface area contributed by atoms with Gasteiger partial charge in [-0.25, -0.2) is 14.8 Å². The van der Waals surface area contributed by atoms with Gasteiger partial charge in [0.15, 0.2) is 5.69 Å². The summed E-state index contributed by atoms with van der Waals surface area (Å²) in [6.07, 6.45) is 2.16. The third kappa shape index (κ3) is 3.71. The van der Waals surface area contributed by atoms with Gasteiger partial charge in [-0.3, -0.25) is 4.21 Å². The van der Waals surface area contributed by atoms with E-state index in [4.69, 9.17) is 5.11 Å². The fourth-order valence-corrected chi connectivity index (χ4v) is 4.86. The highest BCUT2D eigenvalue weighted by molar-refractivity contribution is 7.85. The van der Waals surface area contributed by atoms with Crippen LogP contribution in [0.15, 0.2) is 11.1 Å². The molecule has 0 aromatic carbocycles. The van der Waals surface area contributed by atoms with Crippen molar-refractivity contribution < 1.29 is 19.2 Å². The Bertz CT molecular complexity index is 976. The number of nitrogens with one attached hydrogen (secondary N) is 1. The number of aliphatic hydroxyl groups excluding tert-OH is 1. The summed E-state index contributed by atoms with van der Waals surface area (Å²) < 4.78 is 14.3. The van der Waals surface area contributed by atoms with E-state index in [1.165, 1.54) is 0 Å². The zero-order valence-corrected chi connectivity index (χ0v) is 17.1. The van der Waals surface area contributed by atoms with Crippen molar-refractivity contribution in [2.45, 2.75) is 44.3 Å². The van der Waals surface area contributed by atoms with Crippen molar-refractivity contribution in [2.24, 2.45) is 5.92 Å². The number of rotatable bonds is 6. The first kappa shape index (κ1) is 19.8. The minimum absolute atomic E-state index is 0.0252. The third-order valence-corrected chi connectivity index (χ3v) is 6.76. The Hall–Kier alpha value is -2.53. The molecule has 0 bridgehead atoms. The van der Waals surface area contributed by atoms with Crippen LogP contribution in [0.4, 0.5) is 11.8 Å². The largest absolute Gasteiger partial charge is 0.476 e. The smallest absolute Gasteiger partial charge is 0.356 e. The van der Waals surface area contributed by atoms with E-state index in [-0.39, 0.29) is 24.3 Å². The number of aromatic carboxylic acids is 1. The molecule has 29 heavy (non-hydrogen) atoms. The van der Waals surface area contributed by atoms with Crippen LogP contribution in [-0.2, 0) is 30.3 Å². The number of hydrogen-bond donors (Lipinski definition) is 3. The Balaban J connectivity index is 1.67. The normalized spacial score (nSPS) is 19.2. The Morgan fingerprint density at radius 1 is 1.31 bits per heavy atom. The molecule has 10 nitrogen and oxygen atoms in total. The van der Waals surface area contributed by atoms with Gasteiger partial charge >= 0.3 is 5.97 Å². The molecule has 4 rings (SSSR count). The fraction of sp³-hybridized carbons (Fsp3) is 0.556. The number of aromatic nitrogens is 4. The maximum absolute atomic E-state index is 12.5. The Labute approximate surface area is 170 Å². The highest BCUT2D eigenvalue weighted by Gasteiger charge is 2.30. The van der Waals surface area contributed by atoms with E-state index in [2.05, 4.69) is 20.3 Å². The number of hydrogen-bond acceptors (Lipinski definition) is 8. The van der Waals surface area contributed by atoms with E-state index in [0.29, 0.717) is 54.3 Å². The topological polar surface area (TPSA) is 133 Å². The molecule has 2 aliphatic rings. The Morgan fingerprint density at radius 3 is 2.79 bits per heavy atom. The minimum atomic E-state index is -1.16. The molecular weight excluding hydrogens is 396 g/mol.